The van der Waals surface area contributed by atoms with Gasteiger partial charge in [0.15, 0.2) is 0 Å². The molecule has 0 aliphatic carbocycles. The number of hydrogen-bond donors (Lipinski definition) is 3. The number of urea groups is 1. The fraction of sp³-hybridized carbons (Fsp3) is 0.125. The molecular formula is C16H17N3O4. The summed E-state index contributed by atoms with van der Waals surface area (Å²) in [6.45, 7) is 0. The van der Waals surface area contributed by atoms with Crippen molar-refractivity contribution >= 4 is 23.3 Å². The number of nitrogens with two attached hydrogens (primary N) is 1. The number of carbonyl (C=O) groups is 2. The van der Waals surface area contributed by atoms with Gasteiger partial charge in [-0.25, -0.2) is 4.79 Å². The molecule has 2 aromatic carbocycles. The van der Waals surface area contributed by atoms with Crippen LogP contribution >= 0.6 is 0 Å². The molecule has 7 heteroatoms. The van der Waals surface area contributed by atoms with E-state index in [0.717, 1.165) is 0 Å². The molecule has 0 atom stereocenters. The Morgan fingerprint density at radius 3 is 2.13 bits per heavy atom. The number of amides is 3. The van der Waals surface area contributed by atoms with Crippen molar-refractivity contribution in [2.45, 2.75) is 0 Å². The highest BCUT2D eigenvalue weighted by Crippen LogP contribution is 2.26. The largest absolute Gasteiger partial charge is 0.497 e. The number of nitrogens with one attached hydrogen (secondary N) is 2. The summed E-state index contributed by atoms with van der Waals surface area (Å²) in [5, 5.41) is 5.23. The Kier molecular flexibility index (Phi) is 5.03. The second-order valence-electron chi connectivity index (χ2n) is 4.59. The smallest absolute Gasteiger partial charge is 0.323 e. The molecule has 23 heavy (non-hydrogen) atoms. The van der Waals surface area contributed by atoms with Crippen LogP contribution in [0.5, 0.6) is 11.5 Å². The molecule has 0 radical (unpaired) electrons. The van der Waals surface area contributed by atoms with Gasteiger partial charge >= 0.3 is 6.03 Å². The summed E-state index contributed by atoms with van der Waals surface area (Å²) < 4.78 is 10.3. The monoisotopic (exact) mass is 315 g/mol. The Morgan fingerprint density at radius 1 is 0.957 bits per heavy atom. The predicted molar refractivity (Wildman–Crippen MR) is 87.1 cm³/mol. The minimum atomic E-state index is -0.621. The van der Waals surface area contributed by atoms with Crippen LogP contribution in [0.25, 0.3) is 0 Å². The highest BCUT2D eigenvalue weighted by molar-refractivity contribution is 6.06. The lowest BCUT2D eigenvalue weighted by Gasteiger charge is -2.12. The van der Waals surface area contributed by atoms with Gasteiger partial charge in [0.1, 0.15) is 11.5 Å². The van der Waals surface area contributed by atoms with E-state index in [-0.39, 0.29) is 5.56 Å². The van der Waals surface area contributed by atoms with Crippen molar-refractivity contribution in [1.82, 2.24) is 0 Å². The quantitative estimate of drug-likeness (QED) is 0.788. The van der Waals surface area contributed by atoms with Crippen molar-refractivity contribution in [3.63, 3.8) is 0 Å². The van der Waals surface area contributed by atoms with Gasteiger partial charge in [-0.2, -0.15) is 0 Å². The van der Waals surface area contributed by atoms with Crippen molar-refractivity contribution in [3.8, 4) is 11.5 Å². The molecule has 0 saturated heterocycles. The maximum atomic E-state index is 12.1. The minimum Gasteiger partial charge on any atom is -0.497 e. The average molecular weight is 315 g/mol. The Bertz CT molecular complexity index is 709. The van der Waals surface area contributed by atoms with Gasteiger partial charge in [-0.05, 0) is 12.1 Å². The lowest BCUT2D eigenvalue weighted by atomic mass is 10.1. The molecular weight excluding hydrogens is 298 g/mol. The molecule has 2 aromatic rings. The highest BCUT2D eigenvalue weighted by atomic mass is 16.5. The van der Waals surface area contributed by atoms with E-state index in [1.807, 2.05) is 0 Å². The molecule has 0 aromatic heterocycles. The van der Waals surface area contributed by atoms with E-state index in [4.69, 9.17) is 15.2 Å². The molecule has 0 aliphatic heterocycles. The molecule has 0 aliphatic rings. The first-order chi connectivity index (χ1) is 11.0. The maximum Gasteiger partial charge on any atom is 0.323 e. The number of carbonyl (C=O) groups excluding carboxylic acids is 2. The molecule has 0 unspecified atom stereocenters. The van der Waals surface area contributed by atoms with Crippen LogP contribution in [0.3, 0.4) is 0 Å². The number of benzene rings is 2. The van der Waals surface area contributed by atoms with Crippen LogP contribution in [-0.2, 0) is 0 Å². The molecule has 3 amide bonds. The van der Waals surface area contributed by atoms with Crippen molar-refractivity contribution in [3.05, 3.63) is 48.0 Å². The van der Waals surface area contributed by atoms with Gasteiger partial charge in [0.05, 0.1) is 25.5 Å². The Morgan fingerprint density at radius 2 is 1.57 bits per heavy atom. The van der Waals surface area contributed by atoms with Crippen LogP contribution in [-0.4, -0.2) is 26.2 Å². The van der Waals surface area contributed by atoms with Crippen LogP contribution in [0.1, 0.15) is 10.4 Å². The number of methoxy groups -OCH3 is 2. The predicted octanol–water partition coefficient (Wildman–Crippen LogP) is 2.45. The third kappa shape index (κ3) is 4.13. The van der Waals surface area contributed by atoms with Crippen LogP contribution in [0.2, 0.25) is 0 Å². The topological polar surface area (TPSA) is 103 Å². The normalized spacial score (nSPS) is 9.83. The van der Waals surface area contributed by atoms with Crippen LogP contribution in [0.15, 0.2) is 42.5 Å². The number of anilines is 2. The van der Waals surface area contributed by atoms with Crippen molar-refractivity contribution in [2.24, 2.45) is 5.73 Å². The Balaban J connectivity index is 2.16. The molecule has 0 spiro atoms. The summed E-state index contributed by atoms with van der Waals surface area (Å²) in [6, 6.07) is 10.9. The third-order valence-corrected chi connectivity index (χ3v) is 3.05. The van der Waals surface area contributed by atoms with Crippen LogP contribution in [0, 0.1) is 0 Å². The molecule has 0 fully saturated rings. The number of rotatable bonds is 5. The number of para-hydroxylation sites is 1. The standard InChI is InChI=1S/C16H17N3O4/c1-22-11-7-10(8-12(9-11)23-2)18-16(21)19-14-6-4-3-5-13(14)15(17)20/h3-9H,1-2H3,(H2,17,20)(H2,18,19,21). The van der Waals surface area contributed by atoms with E-state index in [9.17, 15) is 9.59 Å². The zero-order valence-corrected chi connectivity index (χ0v) is 12.8. The zero-order valence-electron chi connectivity index (χ0n) is 12.8. The van der Waals surface area contributed by atoms with E-state index < -0.39 is 11.9 Å². The molecule has 2 rings (SSSR count). The average Bonchev–Trinajstić information content (AvgIpc) is 2.54. The Hall–Kier alpha value is -3.22. The number of primary amides is 1. The molecule has 0 heterocycles. The first kappa shape index (κ1) is 16.2. The summed E-state index contributed by atoms with van der Waals surface area (Å²) in [4.78, 5) is 23.4. The lowest BCUT2D eigenvalue weighted by Crippen LogP contribution is -2.22. The van der Waals surface area contributed by atoms with Gasteiger partial charge in [0, 0.05) is 23.9 Å². The van der Waals surface area contributed by atoms with Crippen molar-refractivity contribution in [2.75, 3.05) is 24.9 Å². The van der Waals surface area contributed by atoms with Crippen molar-refractivity contribution in [1.29, 1.82) is 0 Å². The van der Waals surface area contributed by atoms with Crippen LogP contribution < -0.4 is 25.8 Å². The van der Waals surface area contributed by atoms with E-state index >= 15 is 0 Å². The first-order valence-electron chi connectivity index (χ1n) is 6.73. The van der Waals surface area contributed by atoms with E-state index in [2.05, 4.69) is 10.6 Å². The summed E-state index contributed by atoms with van der Waals surface area (Å²) in [6.07, 6.45) is 0. The van der Waals surface area contributed by atoms with Crippen molar-refractivity contribution < 1.29 is 19.1 Å². The van der Waals surface area contributed by atoms with Gasteiger partial charge in [0.2, 0.25) is 0 Å². The van der Waals surface area contributed by atoms with Gasteiger partial charge in [-0.15, -0.1) is 0 Å². The lowest BCUT2D eigenvalue weighted by molar-refractivity contribution is 0.100. The second-order valence-corrected chi connectivity index (χ2v) is 4.59. The van der Waals surface area contributed by atoms with Gasteiger partial charge in [-0.1, -0.05) is 12.1 Å². The zero-order chi connectivity index (χ0) is 16.8. The molecule has 0 saturated carbocycles. The third-order valence-electron chi connectivity index (χ3n) is 3.05. The molecule has 4 N–H and O–H groups in total. The van der Waals surface area contributed by atoms with E-state index in [1.54, 1.807) is 36.4 Å². The number of ether oxygens (including phenoxy) is 2. The molecule has 0 bridgehead atoms. The molecule has 7 nitrogen and oxygen atoms in total. The van der Waals surface area contributed by atoms with Gasteiger partial charge in [0.25, 0.3) is 5.91 Å². The maximum absolute atomic E-state index is 12.1. The van der Waals surface area contributed by atoms with E-state index in [0.29, 0.717) is 22.9 Å². The second kappa shape index (κ2) is 7.17. The number of hydrogen-bond acceptors (Lipinski definition) is 4. The minimum absolute atomic E-state index is 0.228. The summed E-state index contributed by atoms with van der Waals surface area (Å²) >= 11 is 0. The van der Waals surface area contributed by atoms with Gasteiger partial charge < -0.3 is 25.8 Å². The summed E-state index contributed by atoms with van der Waals surface area (Å²) in [5.74, 6) is 0.457. The Labute approximate surface area is 133 Å². The summed E-state index contributed by atoms with van der Waals surface area (Å²) in [5.41, 5.74) is 6.31. The fourth-order valence-electron chi connectivity index (χ4n) is 1.97. The summed E-state index contributed by atoms with van der Waals surface area (Å²) in [7, 11) is 3.03. The van der Waals surface area contributed by atoms with E-state index in [1.165, 1.54) is 20.3 Å². The van der Waals surface area contributed by atoms with Gasteiger partial charge in [-0.3, -0.25) is 4.79 Å². The fourth-order valence-corrected chi connectivity index (χ4v) is 1.97. The molecule has 120 valence electrons. The highest BCUT2D eigenvalue weighted by Gasteiger charge is 2.11. The SMILES string of the molecule is COc1cc(NC(=O)Nc2ccccc2C(N)=O)cc(OC)c1. The van der Waals surface area contributed by atoms with Crippen LogP contribution in [0.4, 0.5) is 16.2 Å². The first-order valence-corrected chi connectivity index (χ1v) is 6.73.